The average molecular weight is 424 g/mol. The average Bonchev–Trinajstić information content (AvgIpc) is 2.96. The molecule has 2 aromatic rings. The molecule has 164 valence electrons. The molecule has 1 aliphatic heterocycles. The molecule has 0 atom stereocenters. The fraction of sp³-hybridized carbons (Fsp3) is 0.375. The maximum Gasteiger partial charge on any atom is 0.325 e. The lowest BCUT2D eigenvalue weighted by Gasteiger charge is -2.25. The third-order valence-corrected chi connectivity index (χ3v) is 5.30. The summed E-state index contributed by atoms with van der Waals surface area (Å²) in [7, 11) is 0. The van der Waals surface area contributed by atoms with Crippen LogP contribution in [0.3, 0.4) is 0 Å². The first kappa shape index (κ1) is 22.3. The van der Waals surface area contributed by atoms with Gasteiger partial charge >= 0.3 is 6.03 Å². The molecule has 7 nitrogen and oxygen atoms in total. The van der Waals surface area contributed by atoms with Crippen LogP contribution < -0.4 is 15.4 Å². The van der Waals surface area contributed by atoms with Gasteiger partial charge in [-0.2, -0.15) is 0 Å². The summed E-state index contributed by atoms with van der Waals surface area (Å²) >= 11 is 0. The predicted octanol–water partition coefficient (Wildman–Crippen LogP) is 4.62. The van der Waals surface area contributed by atoms with Crippen LogP contribution in [0.15, 0.2) is 48.5 Å². The Hall–Kier alpha value is -3.35. The van der Waals surface area contributed by atoms with Crippen LogP contribution in [0.5, 0.6) is 11.5 Å². The molecule has 0 aromatic heterocycles. The summed E-state index contributed by atoms with van der Waals surface area (Å²) in [6.45, 7) is 5.63. The first-order chi connectivity index (χ1) is 14.9. The number of amides is 4. The highest BCUT2D eigenvalue weighted by molar-refractivity contribution is 6.10. The topological polar surface area (TPSA) is 87.7 Å². The summed E-state index contributed by atoms with van der Waals surface area (Å²) in [5.41, 5.74) is 0.814. The Balaban J connectivity index is 1.59. The van der Waals surface area contributed by atoms with Gasteiger partial charge in [-0.15, -0.1) is 0 Å². The molecule has 1 fully saturated rings. The highest BCUT2D eigenvalue weighted by atomic mass is 16.5. The van der Waals surface area contributed by atoms with Crippen molar-refractivity contribution in [3.8, 4) is 11.5 Å². The molecule has 1 aliphatic rings. The van der Waals surface area contributed by atoms with Crippen LogP contribution in [-0.2, 0) is 9.59 Å². The predicted molar refractivity (Wildman–Crippen MR) is 119 cm³/mol. The van der Waals surface area contributed by atoms with Crippen molar-refractivity contribution in [2.24, 2.45) is 0 Å². The number of rotatable bonds is 9. The zero-order valence-corrected chi connectivity index (χ0v) is 18.2. The zero-order valence-electron chi connectivity index (χ0n) is 18.2. The fourth-order valence-electron chi connectivity index (χ4n) is 3.83. The van der Waals surface area contributed by atoms with Gasteiger partial charge < -0.3 is 15.4 Å². The first-order valence-electron chi connectivity index (χ1n) is 10.7. The van der Waals surface area contributed by atoms with Crippen LogP contribution in [0.25, 0.3) is 0 Å². The van der Waals surface area contributed by atoms with Crippen molar-refractivity contribution in [1.82, 2.24) is 10.2 Å². The van der Waals surface area contributed by atoms with Gasteiger partial charge in [0.1, 0.15) is 23.6 Å². The maximum atomic E-state index is 12.9. The van der Waals surface area contributed by atoms with Crippen molar-refractivity contribution in [3.05, 3.63) is 54.1 Å². The lowest BCUT2D eigenvalue weighted by Crippen LogP contribution is -2.47. The highest BCUT2D eigenvalue weighted by Gasteiger charge is 2.50. The first-order valence-corrected chi connectivity index (χ1v) is 10.7. The van der Waals surface area contributed by atoms with Crippen molar-refractivity contribution in [3.63, 3.8) is 0 Å². The van der Waals surface area contributed by atoms with Gasteiger partial charge in [-0.25, -0.2) is 4.79 Å². The van der Waals surface area contributed by atoms with Crippen LogP contribution in [0.1, 0.15) is 45.1 Å². The van der Waals surface area contributed by atoms with Crippen molar-refractivity contribution >= 4 is 23.5 Å². The Morgan fingerprint density at radius 1 is 0.968 bits per heavy atom. The molecule has 2 N–H and O–H groups in total. The molecule has 0 unspecified atom stereocenters. The number of ether oxygens (including phenoxy) is 1. The van der Waals surface area contributed by atoms with Crippen LogP contribution in [0, 0.1) is 6.92 Å². The standard InChI is InChI=1S/C24H29N3O4/c1-4-14-24(15-5-2)22(29)27(23(30)26-24)16-21(28)25-18-8-12-20(13-9-18)31-19-10-6-17(3)7-11-19/h6-13H,4-5,14-16H2,1-3H3,(H,25,28)(H,26,30). The Morgan fingerprint density at radius 2 is 1.52 bits per heavy atom. The summed E-state index contributed by atoms with van der Waals surface area (Å²) in [6.07, 6.45) is 2.66. The van der Waals surface area contributed by atoms with Gasteiger partial charge in [-0.1, -0.05) is 44.4 Å². The molecule has 31 heavy (non-hydrogen) atoms. The molecule has 1 saturated heterocycles. The molecule has 0 bridgehead atoms. The number of benzene rings is 2. The summed E-state index contributed by atoms with van der Waals surface area (Å²) in [6, 6.07) is 14.1. The highest BCUT2D eigenvalue weighted by Crippen LogP contribution is 2.28. The number of carbonyl (C=O) groups excluding carboxylic acids is 3. The second-order valence-corrected chi connectivity index (χ2v) is 7.89. The number of nitrogens with one attached hydrogen (secondary N) is 2. The number of nitrogens with zero attached hydrogens (tertiary/aromatic N) is 1. The third kappa shape index (κ3) is 5.23. The number of hydrogen-bond acceptors (Lipinski definition) is 4. The number of carbonyl (C=O) groups is 3. The van der Waals surface area contributed by atoms with Crippen LogP contribution in [0.4, 0.5) is 10.5 Å². The summed E-state index contributed by atoms with van der Waals surface area (Å²) in [5, 5.41) is 5.54. The number of aryl methyl sites for hydroxylation is 1. The largest absolute Gasteiger partial charge is 0.457 e. The lowest BCUT2D eigenvalue weighted by atomic mass is 9.88. The van der Waals surface area contributed by atoms with Crippen molar-refractivity contribution in [2.75, 3.05) is 11.9 Å². The number of urea groups is 1. The summed E-state index contributed by atoms with van der Waals surface area (Å²) < 4.78 is 5.78. The van der Waals surface area contributed by atoms with Crippen molar-refractivity contribution < 1.29 is 19.1 Å². The van der Waals surface area contributed by atoms with E-state index in [0.717, 1.165) is 29.1 Å². The van der Waals surface area contributed by atoms with E-state index in [9.17, 15) is 14.4 Å². The zero-order chi connectivity index (χ0) is 22.4. The van der Waals surface area contributed by atoms with Crippen molar-refractivity contribution in [1.29, 1.82) is 0 Å². The van der Waals surface area contributed by atoms with E-state index in [1.807, 2.05) is 45.0 Å². The molecule has 4 amide bonds. The molecule has 0 aliphatic carbocycles. The Bertz CT molecular complexity index is 932. The van der Waals surface area contributed by atoms with Gasteiger partial charge in [-0.3, -0.25) is 14.5 Å². The molecule has 2 aromatic carbocycles. The minimum absolute atomic E-state index is 0.318. The van der Waals surface area contributed by atoms with Gasteiger partial charge in [0, 0.05) is 5.69 Å². The van der Waals surface area contributed by atoms with E-state index >= 15 is 0 Å². The SMILES string of the molecule is CCCC1(CCC)NC(=O)N(CC(=O)Nc2ccc(Oc3ccc(C)cc3)cc2)C1=O. The van der Waals surface area contributed by atoms with E-state index < -0.39 is 17.5 Å². The van der Waals surface area contributed by atoms with E-state index in [1.54, 1.807) is 24.3 Å². The van der Waals surface area contributed by atoms with Gasteiger partial charge in [0.2, 0.25) is 5.91 Å². The number of hydrogen-bond donors (Lipinski definition) is 2. The minimum Gasteiger partial charge on any atom is -0.457 e. The molecule has 0 radical (unpaired) electrons. The van der Waals surface area contributed by atoms with Crippen LogP contribution in [-0.4, -0.2) is 34.8 Å². The molecule has 7 heteroatoms. The van der Waals surface area contributed by atoms with E-state index in [0.29, 0.717) is 24.3 Å². The molecule has 1 heterocycles. The molecule has 3 rings (SSSR count). The lowest BCUT2D eigenvalue weighted by molar-refractivity contribution is -0.134. The van der Waals surface area contributed by atoms with Crippen LogP contribution >= 0.6 is 0 Å². The Labute approximate surface area is 182 Å². The quantitative estimate of drug-likeness (QED) is 0.576. The monoisotopic (exact) mass is 423 g/mol. The fourth-order valence-corrected chi connectivity index (χ4v) is 3.83. The summed E-state index contributed by atoms with van der Waals surface area (Å²) in [5.74, 6) is 0.612. The minimum atomic E-state index is -0.893. The van der Waals surface area contributed by atoms with Crippen LogP contribution in [0.2, 0.25) is 0 Å². The number of anilines is 1. The van der Waals surface area contributed by atoms with Gasteiger partial charge in [-0.05, 0) is 56.2 Å². The second-order valence-electron chi connectivity index (χ2n) is 7.89. The van der Waals surface area contributed by atoms with Gasteiger partial charge in [0.15, 0.2) is 0 Å². The van der Waals surface area contributed by atoms with E-state index in [4.69, 9.17) is 4.74 Å². The molecular formula is C24H29N3O4. The maximum absolute atomic E-state index is 12.9. The molecule has 0 spiro atoms. The van der Waals surface area contributed by atoms with Gasteiger partial charge in [0.25, 0.3) is 5.91 Å². The van der Waals surface area contributed by atoms with E-state index in [-0.39, 0.29) is 12.5 Å². The molecule has 0 saturated carbocycles. The third-order valence-electron chi connectivity index (χ3n) is 5.30. The van der Waals surface area contributed by atoms with E-state index in [1.165, 1.54) is 0 Å². The number of imide groups is 1. The second kappa shape index (κ2) is 9.64. The Morgan fingerprint density at radius 3 is 2.06 bits per heavy atom. The van der Waals surface area contributed by atoms with Gasteiger partial charge in [0.05, 0.1) is 0 Å². The van der Waals surface area contributed by atoms with E-state index in [2.05, 4.69) is 10.6 Å². The smallest absolute Gasteiger partial charge is 0.325 e. The normalized spacial score (nSPS) is 15.0. The Kier molecular flexibility index (Phi) is 6.95. The summed E-state index contributed by atoms with van der Waals surface area (Å²) in [4.78, 5) is 38.8. The van der Waals surface area contributed by atoms with Crippen molar-refractivity contribution in [2.45, 2.75) is 52.0 Å². The molecular weight excluding hydrogens is 394 g/mol.